The predicted octanol–water partition coefficient (Wildman–Crippen LogP) is 3.69. The van der Waals surface area contributed by atoms with E-state index >= 15 is 0 Å². The van der Waals surface area contributed by atoms with Crippen molar-refractivity contribution in [3.8, 4) is 11.5 Å². The van der Waals surface area contributed by atoms with Gasteiger partial charge in [-0.15, -0.1) is 0 Å². The van der Waals surface area contributed by atoms with Crippen LogP contribution in [-0.2, 0) is 5.16 Å². The molecule has 1 atom stereocenters. The average Bonchev–Trinajstić information content (AvgIpc) is 2.49. The minimum absolute atomic E-state index is 0.198. The molecule has 0 aliphatic rings. The number of phenolic OH excluding ortho intramolecular Hbond substituents is 1. The van der Waals surface area contributed by atoms with Crippen LogP contribution in [-0.4, -0.2) is 25.5 Å². The lowest BCUT2D eigenvalue weighted by molar-refractivity contribution is 0.368. The molecule has 0 radical (unpaired) electrons. The van der Waals surface area contributed by atoms with Crippen molar-refractivity contribution < 1.29 is 9.84 Å². The first-order valence-electron chi connectivity index (χ1n) is 7.15. The number of benzene rings is 2. The zero-order chi connectivity index (χ0) is 16.2. The molecule has 0 aliphatic carbocycles. The van der Waals surface area contributed by atoms with Crippen molar-refractivity contribution >= 4 is 20.1 Å². The van der Waals surface area contributed by atoms with Crippen molar-refractivity contribution in [3.05, 3.63) is 53.6 Å². The number of hydrogen-bond donors (Lipinski definition) is 1. The molecule has 2 aromatic rings. The van der Waals surface area contributed by atoms with Crippen LogP contribution >= 0.6 is 8.58 Å². The lowest BCUT2D eigenvalue weighted by Crippen LogP contribution is -2.17. The van der Waals surface area contributed by atoms with Gasteiger partial charge in [0.1, 0.15) is 0 Å². The van der Waals surface area contributed by atoms with E-state index in [-0.39, 0.29) is 10.9 Å². The summed E-state index contributed by atoms with van der Waals surface area (Å²) < 4.78 is 5.23. The second-order valence-corrected chi connectivity index (χ2v) is 7.62. The first kappa shape index (κ1) is 16.5. The Morgan fingerprint density at radius 2 is 1.86 bits per heavy atom. The van der Waals surface area contributed by atoms with Gasteiger partial charge in [-0.3, -0.25) is 4.99 Å². The second-order valence-electron chi connectivity index (χ2n) is 5.58. The Morgan fingerprint density at radius 3 is 2.55 bits per heavy atom. The summed E-state index contributed by atoms with van der Waals surface area (Å²) in [5.41, 5.74) is 2.02. The fourth-order valence-electron chi connectivity index (χ4n) is 2.46. The molecule has 0 spiro atoms. The van der Waals surface area contributed by atoms with E-state index in [0.717, 1.165) is 11.1 Å². The van der Waals surface area contributed by atoms with Gasteiger partial charge in [-0.1, -0.05) is 58.8 Å². The van der Waals surface area contributed by atoms with Gasteiger partial charge in [-0.2, -0.15) is 0 Å². The Kier molecular flexibility index (Phi) is 5.20. The minimum atomic E-state index is -0.198. The predicted molar refractivity (Wildman–Crippen MR) is 95.6 cm³/mol. The van der Waals surface area contributed by atoms with E-state index in [9.17, 15) is 5.11 Å². The van der Waals surface area contributed by atoms with E-state index in [1.165, 1.54) is 5.30 Å². The minimum Gasteiger partial charge on any atom is -0.504 e. The molecule has 0 aliphatic heterocycles. The largest absolute Gasteiger partial charge is 0.504 e. The third-order valence-corrected chi connectivity index (χ3v) is 5.19. The highest BCUT2D eigenvalue weighted by Gasteiger charge is 2.26. The summed E-state index contributed by atoms with van der Waals surface area (Å²) in [4.78, 5) is 4.12. The zero-order valence-electron chi connectivity index (χ0n) is 13.4. The Hall–Kier alpha value is -1.86. The van der Waals surface area contributed by atoms with Crippen LogP contribution in [0.15, 0.2) is 47.5 Å². The maximum atomic E-state index is 10.4. The number of methoxy groups -OCH3 is 1. The highest BCUT2D eigenvalue weighted by molar-refractivity contribution is 7.48. The number of rotatable bonds is 5. The van der Waals surface area contributed by atoms with E-state index < -0.39 is 0 Å². The van der Waals surface area contributed by atoms with E-state index in [1.807, 2.05) is 30.5 Å². The van der Waals surface area contributed by atoms with Crippen molar-refractivity contribution in [3.63, 3.8) is 0 Å². The number of para-hydroxylation sites is 1. The summed E-state index contributed by atoms with van der Waals surface area (Å²) in [6, 6.07) is 13.9. The molecule has 0 fully saturated rings. The lowest BCUT2D eigenvalue weighted by atomic mass is 10.0. The zero-order valence-corrected chi connectivity index (χ0v) is 14.4. The number of aliphatic imine (C=N–C) groups is 1. The van der Waals surface area contributed by atoms with Gasteiger partial charge in [0.15, 0.2) is 11.5 Å². The summed E-state index contributed by atoms with van der Waals surface area (Å²) in [5.74, 6) is 0.739. The van der Waals surface area contributed by atoms with Crippen molar-refractivity contribution in [2.45, 2.75) is 19.0 Å². The number of ether oxygens (including phenoxy) is 1. The molecule has 0 aromatic heterocycles. The number of aromatic hydroxyl groups is 1. The van der Waals surface area contributed by atoms with Gasteiger partial charge in [-0.05, 0) is 16.9 Å². The maximum absolute atomic E-state index is 10.4. The van der Waals surface area contributed by atoms with Gasteiger partial charge in [-0.25, -0.2) is 0 Å². The normalized spacial score (nSPS) is 12.4. The Bertz CT molecular complexity index is 681. The fraction of sp³-hybridized carbons (Fsp3) is 0.278. The van der Waals surface area contributed by atoms with Crippen LogP contribution in [0.25, 0.3) is 0 Å². The third-order valence-electron chi connectivity index (χ3n) is 3.57. The van der Waals surface area contributed by atoms with Crippen LogP contribution in [0, 0.1) is 0 Å². The molecule has 2 rings (SSSR count). The SMILES string of the molecule is CN=Cc1ccccc1PC(C)(C)c1cccc(OC)c1O. The van der Waals surface area contributed by atoms with Gasteiger partial charge < -0.3 is 9.84 Å². The molecule has 116 valence electrons. The van der Waals surface area contributed by atoms with Crippen LogP contribution in [0.5, 0.6) is 11.5 Å². The highest BCUT2D eigenvalue weighted by Crippen LogP contribution is 2.46. The van der Waals surface area contributed by atoms with Crippen LogP contribution < -0.4 is 10.0 Å². The summed E-state index contributed by atoms with van der Waals surface area (Å²) in [6.07, 6.45) is 1.88. The second kappa shape index (κ2) is 6.93. The number of phenols is 1. The number of hydrogen-bond acceptors (Lipinski definition) is 3. The van der Waals surface area contributed by atoms with E-state index in [1.54, 1.807) is 20.2 Å². The summed E-state index contributed by atoms with van der Waals surface area (Å²) >= 11 is 0. The molecular formula is C18H22NO2P. The van der Waals surface area contributed by atoms with Gasteiger partial charge in [0.2, 0.25) is 0 Å². The summed E-state index contributed by atoms with van der Waals surface area (Å²) in [5, 5.41) is 11.5. The summed E-state index contributed by atoms with van der Waals surface area (Å²) in [6.45, 7) is 4.28. The van der Waals surface area contributed by atoms with E-state index in [2.05, 4.69) is 31.0 Å². The van der Waals surface area contributed by atoms with Crippen molar-refractivity contribution in [2.75, 3.05) is 14.2 Å². The monoisotopic (exact) mass is 315 g/mol. The average molecular weight is 315 g/mol. The molecule has 4 heteroatoms. The molecule has 0 amide bonds. The first-order valence-corrected chi connectivity index (χ1v) is 8.15. The Morgan fingerprint density at radius 1 is 1.14 bits per heavy atom. The van der Waals surface area contributed by atoms with Crippen LogP contribution in [0.4, 0.5) is 0 Å². The molecule has 22 heavy (non-hydrogen) atoms. The van der Waals surface area contributed by atoms with Gasteiger partial charge in [0, 0.05) is 24.0 Å². The van der Waals surface area contributed by atoms with Gasteiger partial charge in [0.25, 0.3) is 0 Å². The van der Waals surface area contributed by atoms with Crippen molar-refractivity contribution in [2.24, 2.45) is 4.99 Å². The topological polar surface area (TPSA) is 41.8 Å². The Labute approximate surface area is 133 Å². The summed E-state index contributed by atoms with van der Waals surface area (Å²) in [7, 11) is 3.85. The third kappa shape index (κ3) is 3.48. The molecule has 0 saturated carbocycles. The van der Waals surface area contributed by atoms with Gasteiger partial charge in [0.05, 0.1) is 7.11 Å². The van der Waals surface area contributed by atoms with Gasteiger partial charge >= 0.3 is 0 Å². The first-order chi connectivity index (χ1) is 10.5. The van der Waals surface area contributed by atoms with Crippen molar-refractivity contribution in [1.29, 1.82) is 0 Å². The van der Waals surface area contributed by atoms with Crippen LogP contribution in [0.2, 0.25) is 0 Å². The fourth-order valence-corrected chi connectivity index (χ4v) is 3.94. The van der Waals surface area contributed by atoms with E-state index in [0.29, 0.717) is 14.3 Å². The van der Waals surface area contributed by atoms with Crippen molar-refractivity contribution in [1.82, 2.24) is 0 Å². The standard InChI is InChI=1S/C18H22NO2P/c1-18(2,14-9-7-10-15(21-4)17(14)20)22-16-11-6-5-8-13(16)12-19-3/h5-12,20,22H,1-4H3. The molecule has 1 unspecified atom stereocenters. The molecule has 0 saturated heterocycles. The Balaban J connectivity index is 2.40. The molecule has 1 N–H and O–H groups in total. The molecule has 0 bridgehead atoms. The molecule has 2 aromatic carbocycles. The molecule has 0 heterocycles. The van der Waals surface area contributed by atoms with Crippen LogP contribution in [0.3, 0.4) is 0 Å². The van der Waals surface area contributed by atoms with Crippen LogP contribution in [0.1, 0.15) is 25.0 Å². The highest BCUT2D eigenvalue weighted by atomic mass is 31.1. The van der Waals surface area contributed by atoms with E-state index in [4.69, 9.17) is 4.74 Å². The smallest absolute Gasteiger partial charge is 0.161 e. The quantitative estimate of drug-likeness (QED) is 0.675. The maximum Gasteiger partial charge on any atom is 0.161 e. The molecular weight excluding hydrogens is 293 g/mol. The number of nitrogens with zero attached hydrogens (tertiary/aromatic N) is 1. The lowest BCUT2D eigenvalue weighted by Gasteiger charge is -2.27. The molecule has 3 nitrogen and oxygen atoms in total.